The van der Waals surface area contributed by atoms with E-state index in [1.165, 1.54) is 4.90 Å². The smallest absolute Gasteiger partial charge is 0.282 e. The van der Waals surface area contributed by atoms with Gasteiger partial charge in [0.2, 0.25) is 0 Å². The molecule has 3 aromatic carbocycles. The van der Waals surface area contributed by atoms with Crippen LogP contribution < -0.4 is 15.1 Å². The molecule has 0 spiro atoms. The summed E-state index contributed by atoms with van der Waals surface area (Å²) in [7, 11) is 3.90. The number of carbonyl (C=O) groups excluding carboxylic acids is 2. The summed E-state index contributed by atoms with van der Waals surface area (Å²) in [6.45, 7) is 8.02. The van der Waals surface area contributed by atoms with Crippen LogP contribution in [0.1, 0.15) is 27.8 Å². The van der Waals surface area contributed by atoms with E-state index in [1.807, 2.05) is 107 Å². The molecule has 1 heterocycles. The molecule has 0 unspecified atom stereocenters. The first kappa shape index (κ1) is 22.3. The minimum atomic E-state index is -0.353. The van der Waals surface area contributed by atoms with E-state index >= 15 is 0 Å². The van der Waals surface area contributed by atoms with Crippen LogP contribution in [-0.4, -0.2) is 25.9 Å². The highest BCUT2D eigenvalue weighted by molar-refractivity contribution is 6.46. The molecule has 168 valence electrons. The minimum absolute atomic E-state index is 0.303. The van der Waals surface area contributed by atoms with E-state index in [9.17, 15) is 9.59 Å². The van der Waals surface area contributed by atoms with Crippen LogP contribution >= 0.6 is 0 Å². The standard InChI is InChI=1S/C28H29N3O2/c1-17-10-15-23(19(3)16-17)25-26(29-24-9-7-8-18(2)20(24)4)28(33)31(27(25)32)22-13-11-21(12-14-22)30(5)6/h7-16,29H,1-6H3. The topological polar surface area (TPSA) is 52.7 Å². The van der Waals surface area contributed by atoms with Crippen LogP contribution in [0.25, 0.3) is 5.57 Å². The number of nitrogens with zero attached hydrogens (tertiary/aromatic N) is 2. The molecule has 0 saturated carbocycles. The van der Waals surface area contributed by atoms with E-state index in [0.717, 1.165) is 39.2 Å². The highest BCUT2D eigenvalue weighted by Gasteiger charge is 2.40. The van der Waals surface area contributed by atoms with E-state index in [1.54, 1.807) is 0 Å². The number of hydrogen-bond donors (Lipinski definition) is 1. The van der Waals surface area contributed by atoms with Gasteiger partial charge in [-0.25, -0.2) is 4.90 Å². The van der Waals surface area contributed by atoms with Crippen molar-refractivity contribution in [2.24, 2.45) is 0 Å². The Morgan fingerprint density at radius 2 is 1.48 bits per heavy atom. The van der Waals surface area contributed by atoms with Gasteiger partial charge >= 0.3 is 0 Å². The van der Waals surface area contributed by atoms with Gasteiger partial charge in [0.1, 0.15) is 5.70 Å². The second-order valence-electron chi connectivity index (χ2n) is 8.80. The number of carbonyl (C=O) groups is 2. The van der Waals surface area contributed by atoms with Crippen molar-refractivity contribution in [3.63, 3.8) is 0 Å². The lowest BCUT2D eigenvalue weighted by molar-refractivity contribution is -0.120. The zero-order valence-corrected chi connectivity index (χ0v) is 20.0. The van der Waals surface area contributed by atoms with Gasteiger partial charge in [-0.2, -0.15) is 0 Å². The molecule has 4 rings (SSSR count). The van der Waals surface area contributed by atoms with Crippen LogP contribution in [0.5, 0.6) is 0 Å². The molecule has 1 aliphatic rings. The number of aryl methyl sites for hydroxylation is 3. The second kappa shape index (κ2) is 8.58. The highest BCUT2D eigenvalue weighted by atomic mass is 16.2. The van der Waals surface area contributed by atoms with Crippen LogP contribution in [0.4, 0.5) is 17.1 Å². The van der Waals surface area contributed by atoms with Crippen LogP contribution in [-0.2, 0) is 9.59 Å². The summed E-state index contributed by atoms with van der Waals surface area (Å²) in [4.78, 5) is 30.6. The average Bonchev–Trinajstić information content (AvgIpc) is 3.01. The maximum Gasteiger partial charge on any atom is 0.282 e. The first-order chi connectivity index (χ1) is 15.7. The first-order valence-corrected chi connectivity index (χ1v) is 11.0. The molecule has 0 atom stereocenters. The Balaban J connectivity index is 1.85. The summed E-state index contributed by atoms with van der Waals surface area (Å²) in [6, 6.07) is 19.3. The molecular formula is C28H29N3O2. The van der Waals surface area contributed by atoms with Crippen LogP contribution in [0, 0.1) is 27.7 Å². The SMILES string of the molecule is Cc1ccc(C2=C(Nc3cccc(C)c3C)C(=O)N(c3ccc(N(C)C)cc3)C2=O)c(C)c1. The summed E-state index contributed by atoms with van der Waals surface area (Å²) < 4.78 is 0. The summed E-state index contributed by atoms with van der Waals surface area (Å²) in [5.41, 5.74) is 8.04. The molecule has 1 N–H and O–H groups in total. The number of hydrogen-bond acceptors (Lipinski definition) is 4. The number of anilines is 3. The normalized spacial score (nSPS) is 13.7. The van der Waals surface area contributed by atoms with E-state index in [2.05, 4.69) is 5.32 Å². The van der Waals surface area contributed by atoms with Crippen LogP contribution in [0.2, 0.25) is 0 Å². The number of nitrogens with one attached hydrogen (secondary N) is 1. The van der Waals surface area contributed by atoms with Gasteiger partial charge in [0.15, 0.2) is 0 Å². The van der Waals surface area contributed by atoms with Crippen molar-refractivity contribution in [1.29, 1.82) is 0 Å². The van der Waals surface area contributed by atoms with Crippen LogP contribution in [0.15, 0.2) is 66.4 Å². The Morgan fingerprint density at radius 1 is 0.788 bits per heavy atom. The molecule has 2 amide bonds. The van der Waals surface area contributed by atoms with E-state index in [-0.39, 0.29) is 11.8 Å². The van der Waals surface area contributed by atoms with Gasteiger partial charge in [-0.1, -0.05) is 35.9 Å². The molecule has 1 aliphatic heterocycles. The van der Waals surface area contributed by atoms with Crippen molar-refractivity contribution < 1.29 is 9.59 Å². The number of amides is 2. The van der Waals surface area contributed by atoms with Crippen molar-refractivity contribution in [3.05, 3.63) is 94.2 Å². The van der Waals surface area contributed by atoms with E-state index < -0.39 is 0 Å². The average molecular weight is 440 g/mol. The molecule has 0 aromatic heterocycles. The Labute approximate surface area is 195 Å². The Morgan fingerprint density at radius 3 is 2.12 bits per heavy atom. The van der Waals surface area contributed by atoms with Gasteiger partial charge in [-0.05, 0) is 80.3 Å². The van der Waals surface area contributed by atoms with Crippen molar-refractivity contribution in [2.75, 3.05) is 29.2 Å². The molecule has 5 heteroatoms. The molecule has 0 bridgehead atoms. The highest BCUT2D eigenvalue weighted by Crippen LogP contribution is 2.36. The third kappa shape index (κ3) is 4.02. The molecule has 5 nitrogen and oxygen atoms in total. The lowest BCUT2D eigenvalue weighted by Crippen LogP contribution is -2.32. The molecule has 0 saturated heterocycles. The van der Waals surface area contributed by atoms with Crippen molar-refractivity contribution >= 4 is 34.4 Å². The maximum atomic E-state index is 13.7. The third-order valence-electron chi connectivity index (χ3n) is 6.22. The number of benzene rings is 3. The molecule has 0 aliphatic carbocycles. The quantitative estimate of drug-likeness (QED) is 0.542. The summed E-state index contributed by atoms with van der Waals surface area (Å²) >= 11 is 0. The second-order valence-corrected chi connectivity index (χ2v) is 8.80. The van der Waals surface area contributed by atoms with Gasteiger partial charge in [0.05, 0.1) is 11.3 Å². The maximum absolute atomic E-state index is 13.7. The van der Waals surface area contributed by atoms with Gasteiger partial charge in [0, 0.05) is 25.5 Å². The largest absolute Gasteiger partial charge is 0.378 e. The molecule has 3 aromatic rings. The molecular weight excluding hydrogens is 410 g/mol. The van der Waals surface area contributed by atoms with Crippen molar-refractivity contribution in [2.45, 2.75) is 27.7 Å². The lowest BCUT2D eigenvalue weighted by atomic mass is 9.97. The fourth-order valence-electron chi connectivity index (χ4n) is 4.15. The summed E-state index contributed by atoms with van der Waals surface area (Å²) in [5, 5.41) is 3.31. The van der Waals surface area contributed by atoms with Crippen molar-refractivity contribution in [1.82, 2.24) is 0 Å². The van der Waals surface area contributed by atoms with E-state index in [4.69, 9.17) is 0 Å². The predicted octanol–water partition coefficient (Wildman–Crippen LogP) is 5.38. The van der Waals surface area contributed by atoms with Gasteiger partial charge in [0.25, 0.3) is 11.8 Å². The lowest BCUT2D eigenvalue weighted by Gasteiger charge is -2.18. The summed E-state index contributed by atoms with van der Waals surface area (Å²) in [5.74, 6) is -0.675. The first-order valence-electron chi connectivity index (χ1n) is 11.0. The Bertz CT molecular complexity index is 1290. The van der Waals surface area contributed by atoms with E-state index in [0.29, 0.717) is 17.0 Å². The fraction of sp³-hybridized carbons (Fsp3) is 0.214. The van der Waals surface area contributed by atoms with Crippen molar-refractivity contribution in [3.8, 4) is 0 Å². The fourth-order valence-corrected chi connectivity index (χ4v) is 4.15. The molecule has 0 fully saturated rings. The monoisotopic (exact) mass is 439 g/mol. The minimum Gasteiger partial charge on any atom is -0.378 e. The number of imide groups is 1. The number of rotatable bonds is 5. The third-order valence-corrected chi connectivity index (χ3v) is 6.22. The predicted molar refractivity (Wildman–Crippen MR) is 136 cm³/mol. The Hall–Kier alpha value is -3.86. The van der Waals surface area contributed by atoms with Gasteiger partial charge in [-0.15, -0.1) is 0 Å². The zero-order chi connectivity index (χ0) is 23.9. The van der Waals surface area contributed by atoms with Crippen LogP contribution in [0.3, 0.4) is 0 Å². The molecule has 0 radical (unpaired) electrons. The van der Waals surface area contributed by atoms with Gasteiger partial charge in [-0.3, -0.25) is 9.59 Å². The summed E-state index contributed by atoms with van der Waals surface area (Å²) in [6.07, 6.45) is 0. The zero-order valence-electron chi connectivity index (χ0n) is 20.0. The molecule has 33 heavy (non-hydrogen) atoms. The Kier molecular flexibility index (Phi) is 5.81. The van der Waals surface area contributed by atoms with Gasteiger partial charge < -0.3 is 10.2 Å².